The standard InChI is InChI=1S/C8H16O3/c1-11-5-6-4-7(9)2-3-8(6)10/h6-10H,2-5H2,1H3. The van der Waals surface area contributed by atoms with Crippen LogP contribution in [0, 0.1) is 5.92 Å². The predicted molar refractivity (Wildman–Crippen MR) is 41.2 cm³/mol. The summed E-state index contributed by atoms with van der Waals surface area (Å²) in [6.45, 7) is 0.554. The van der Waals surface area contributed by atoms with Gasteiger partial charge in [0.2, 0.25) is 0 Å². The van der Waals surface area contributed by atoms with Crippen LogP contribution in [0.25, 0.3) is 0 Å². The summed E-state index contributed by atoms with van der Waals surface area (Å²) in [4.78, 5) is 0. The summed E-state index contributed by atoms with van der Waals surface area (Å²) in [5.74, 6) is 0.128. The van der Waals surface area contributed by atoms with Crippen LogP contribution in [0.1, 0.15) is 19.3 Å². The molecule has 3 heteroatoms. The molecule has 11 heavy (non-hydrogen) atoms. The Morgan fingerprint density at radius 1 is 1.36 bits per heavy atom. The molecule has 1 fully saturated rings. The summed E-state index contributed by atoms with van der Waals surface area (Å²) >= 11 is 0. The van der Waals surface area contributed by atoms with E-state index in [1.165, 1.54) is 0 Å². The molecular weight excluding hydrogens is 144 g/mol. The molecule has 0 aliphatic heterocycles. The molecule has 1 saturated carbocycles. The lowest BCUT2D eigenvalue weighted by Crippen LogP contribution is -2.34. The van der Waals surface area contributed by atoms with Crippen molar-refractivity contribution in [3.63, 3.8) is 0 Å². The summed E-state index contributed by atoms with van der Waals surface area (Å²) in [7, 11) is 1.62. The molecule has 0 bridgehead atoms. The molecule has 3 atom stereocenters. The minimum Gasteiger partial charge on any atom is -0.393 e. The number of methoxy groups -OCH3 is 1. The van der Waals surface area contributed by atoms with Gasteiger partial charge in [-0.25, -0.2) is 0 Å². The van der Waals surface area contributed by atoms with Crippen LogP contribution in [0.2, 0.25) is 0 Å². The molecule has 1 aliphatic rings. The summed E-state index contributed by atoms with van der Waals surface area (Å²) in [5.41, 5.74) is 0. The van der Waals surface area contributed by atoms with E-state index in [0.29, 0.717) is 19.4 Å². The Morgan fingerprint density at radius 2 is 2.09 bits per heavy atom. The molecule has 3 nitrogen and oxygen atoms in total. The van der Waals surface area contributed by atoms with Gasteiger partial charge < -0.3 is 14.9 Å². The Morgan fingerprint density at radius 3 is 2.73 bits per heavy atom. The number of aliphatic hydroxyl groups is 2. The van der Waals surface area contributed by atoms with Crippen molar-refractivity contribution in [1.82, 2.24) is 0 Å². The third-order valence-electron chi connectivity index (χ3n) is 2.30. The van der Waals surface area contributed by atoms with Gasteiger partial charge in [0, 0.05) is 13.0 Å². The van der Waals surface area contributed by atoms with Gasteiger partial charge in [-0.3, -0.25) is 0 Å². The van der Waals surface area contributed by atoms with E-state index in [2.05, 4.69) is 0 Å². The highest BCUT2D eigenvalue weighted by atomic mass is 16.5. The lowest BCUT2D eigenvalue weighted by Gasteiger charge is -2.30. The largest absolute Gasteiger partial charge is 0.393 e. The van der Waals surface area contributed by atoms with E-state index in [1.54, 1.807) is 7.11 Å². The lowest BCUT2D eigenvalue weighted by molar-refractivity contribution is -0.0235. The van der Waals surface area contributed by atoms with Crippen LogP contribution in [0.3, 0.4) is 0 Å². The maximum atomic E-state index is 9.43. The molecule has 3 unspecified atom stereocenters. The highest BCUT2D eigenvalue weighted by molar-refractivity contribution is 4.78. The normalized spacial score (nSPS) is 39.0. The maximum absolute atomic E-state index is 9.43. The van der Waals surface area contributed by atoms with E-state index < -0.39 is 0 Å². The van der Waals surface area contributed by atoms with Gasteiger partial charge in [0.05, 0.1) is 18.8 Å². The van der Waals surface area contributed by atoms with Gasteiger partial charge in [0.1, 0.15) is 0 Å². The molecule has 0 amide bonds. The fourth-order valence-corrected chi connectivity index (χ4v) is 1.62. The van der Waals surface area contributed by atoms with Gasteiger partial charge in [0.25, 0.3) is 0 Å². The maximum Gasteiger partial charge on any atom is 0.0592 e. The van der Waals surface area contributed by atoms with Crippen LogP contribution in [0.5, 0.6) is 0 Å². The first-order valence-electron chi connectivity index (χ1n) is 4.09. The van der Waals surface area contributed by atoms with Crippen molar-refractivity contribution in [2.24, 2.45) is 5.92 Å². The second kappa shape index (κ2) is 4.04. The first-order valence-corrected chi connectivity index (χ1v) is 4.09. The number of hydrogen-bond donors (Lipinski definition) is 2. The Balaban J connectivity index is 2.34. The van der Waals surface area contributed by atoms with Crippen molar-refractivity contribution in [1.29, 1.82) is 0 Å². The highest BCUT2D eigenvalue weighted by Crippen LogP contribution is 2.24. The fraction of sp³-hybridized carbons (Fsp3) is 1.00. The van der Waals surface area contributed by atoms with Gasteiger partial charge in [0.15, 0.2) is 0 Å². The number of rotatable bonds is 2. The molecule has 66 valence electrons. The average molecular weight is 160 g/mol. The number of aliphatic hydroxyl groups excluding tert-OH is 2. The van der Waals surface area contributed by atoms with Crippen molar-refractivity contribution < 1.29 is 14.9 Å². The van der Waals surface area contributed by atoms with Crippen molar-refractivity contribution in [2.45, 2.75) is 31.5 Å². The van der Waals surface area contributed by atoms with Crippen LogP contribution >= 0.6 is 0 Å². The molecule has 2 N–H and O–H groups in total. The van der Waals surface area contributed by atoms with Crippen molar-refractivity contribution >= 4 is 0 Å². The monoisotopic (exact) mass is 160 g/mol. The second-order valence-corrected chi connectivity index (χ2v) is 3.25. The van der Waals surface area contributed by atoms with Gasteiger partial charge in [-0.2, -0.15) is 0 Å². The smallest absolute Gasteiger partial charge is 0.0592 e. The summed E-state index contributed by atoms with van der Waals surface area (Å²) in [6, 6.07) is 0. The van der Waals surface area contributed by atoms with E-state index in [9.17, 15) is 10.2 Å². The van der Waals surface area contributed by atoms with Crippen LogP contribution < -0.4 is 0 Å². The number of ether oxygens (including phenoxy) is 1. The molecule has 0 radical (unpaired) electrons. The zero-order valence-electron chi connectivity index (χ0n) is 6.86. The van der Waals surface area contributed by atoms with Crippen molar-refractivity contribution in [2.75, 3.05) is 13.7 Å². The van der Waals surface area contributed by atoms with Crippen molar-refractivity contribution in [3.05, 3.63) is 0 Å². The van der Waals surface area contributed by atoms with E-state index in [0.717, 1.165) is 6.42 Å². The minimum atomic E-state index is -0.279. The Hall–Kier alpha value is -0.120. The predicted octanol–water partition coefficient (Wildman–Crippen LogP) is 0.155. The van der Waals surface area contributed by atoms with Gasteiger partial charge in [-0.05, 0) is 19.3 Å². The quantitative estimate of drug-likeness (QED) is 0.604. The molecule has 0 aromatic rings. The number of hydrogen-bond acceptors (Lipinski definition) is 3. The highest BCUT2D eigenvalue weighted by Gasteiger charge is 2.27. The minimum absolute atomic E-state index is 0.128. The SMILES string of the molecule is COCC1CC(O)CCC1O. The van der Waals surface area contributed by atoms with E-state index >= 15 is 0 Å². The van der Waals surface area contributed by atoms with E-state index in [4.69, 9.17) is 4.74 Å². The topological polar surface area (TPSA) is 49.7 Å². The summed E-state index contributed by atoms with van der Waals surface area (Å²) < 4.78 is 4.93. The summed E-state index contributed by atoms with van der Waals surface area (Å²) in [6.07, 6.45) is 1.59. The second-order valence-electron chi connectivity index (χ2n) is 3.25. The van der Waals surface area contributed by atoms with Gasteiger partial charge >= 0.3 is 0 Å². The first-order chi connectivity index (χ1) is 5.24. The zero-order valence-corrected chi connectivity index (χ0v) is 6.86. The molecule has 0 aromatic carbocycles. The van der Waals surface area contributed by atoms with E-state index in [-0.39, 0.29) is 18.1 Å². The van der Waals surface area contributed by atoms with Crippen LogP contribution in [-0.4, -0.2) is 36.1 Å². The molecule has 0 spiro atoms. The lowest BCUT2D eigenvalue weighted by atomic mass is 9.85. The fourth-order valence-electron chi connectivity index (χ4n) is 1.62. The van der Waals surface area contributed by atoms with Crippen LogP contribution in [0.15, 0.2) is 0 Å². The molecule has 1 aliphatic carbocycles. The third kappa shape index (κ3) is 2.43. The Labute approximate surface area is 67.0 Å². The third-order valence-corrected chi connectivity index (χ3v) is 2.30. The molecule has 1 rings (SSSR count). The van der Waals surface area contributed by atoms with Gasteiger partial charge in [-0.1, -0.05) is 0 Å². The van der Waals surface area contributed by atoms with Crippen LogP contribution in [0.4, 0.5) is 0 Å². The first kappa shape index (κ1) is 8.97. The van der Waals surface area contributed by atoms with Crippen molar-refractivity contribution in [3.8, 4) is 0 Å². The average Bonchev–Trinajstić information content (AvgIpc) is 1.98. The molecular formula is C8H16O3. The Bertz CT molecular complexity index is 116. The summed E-state index contributed by atoms with van der Waals surface area (Å²) in [5, 5.41) is 18.7. The molecule has 0 saturated heterocycles. The van der Waals surface area contributed by atoms with Crippen LogP contribution in [-0.2, 0) is 4.74 Å². The van der Waals surface area contributed by atoms with E-state index in [1.807, 2.05) is 0 Å². The Kier molecular flexibility index (Phi) is 3.30. The zero-order chi connectivity index (χ0) is 8.27. The molecule has 0 heterocycles. The van der Waals surface area contributed by atoms with Gasteiger partial charge in [-0.15, -0.1) is 0 Å². The molecule has 0 aromatic heterocycles.